The summed E-state index contributed by atoms with van der Waals surface area (Å²) in [5.41, 5.74) is 2.94. The number of carbonyl (C=O) groups is 2. The zero-order chi connectivity index (χ0) is 25.4. The first-order chi connectivity index (χ1) is 16.8. The minimum atomic E-state index is -0.745. The molecule has 0 bridgehead atoms. The third-order valence-electron chi connectivity index (χ3n) is 6.65. The molecule has 192 valence electrons. The summed E-state index contributed by atoms with van der Waals surface area (Å²) in [6.45, 7) is 5.50. The molecule has 2 aromatic rings. The summed E-state index contributed by atoms with van der Waals surface area (Å²) in [5.74, 6) is 0.609. The monoisotopic (exact) mass is 487 g/mol. The van der Waals surface area contributed by atoms with E-state index in [1.165, 1.54) is 25.7 Å². The number of carbonyl (C=O) groups excluding carboxylic acids is 1. The highest BCUT2D eigenvalue weighted by atomic mass is 16.6. The lowest BCUT2D eigenvalue weighted by atomic mass is 10.1. The SMILES string of the molecule is CCC(=O)O.Cc1nc(-c2onc(C)c2COC(=O)N(C)C2CCCC2)ccc1OC1CCCC1. The van der Waals surface area contributed by atoms with Crippen molar-refractivity contribution < 1.29 is 28.7 Å². The number of hydrogen-bond acceptors (Lipinski definition) is 7. The summed E-state index contributed by atoms with van der Waals surface area (Å²) in [4.78, 5) is 28.2. The van der Waals surface area contributed by atoms with Crippen molar-refractivity contribution in [2.24, 2.45) is 0 Å². The standard InChI is InChI=1S/C23H31N3O4.C3H6O2/c1-15-19(14-28-23(27)26(3)17-8-4-5-9-17)22(30-25-15)20-12-13-21(16(2)24-20)29-18-10-6-7-11-18;1-2-3(4)5/h12-13,17-18H,4-11,14H2,1-3H3;2H2,1H3,(H,4,5). The molecule has 0 atom stereocenters. The van der Waals surface area contributed by atoms with Crippen LogP contribution in [-0.2, 0) is 16.1 Å². The van der Waals surface area contributed by atoms with Gasteiger partial charge < -0.3 is 24.0 Å². The minimum Gasteiger partial charge on any atom is -0.489 e. The molecule has 2 heterocycles. The molecule has 2 aliphatic rings. The average molecular weight is 488 g/mol. The first-order valence-corrected chi connectivity index (χ1v) is 12.5. The Bertz CT molecular complexity index is 993. The Balaban J connectivity index is 0.000000623. The lowest BCUT2D eigenvalue weighted by Gasteiger charge is -2.23. The van der Waals surface area contributed by atoms with Crippen molar-refractivity contribution in [1.82, 2.24) is 15.0 Å². The molecule has 0 unspecified atom stereocenters. The number of carboxylic acid groups (broad SMARTS) is 1. The van der Waals surface area contributed by atoms with Crippen LogP contribution in [0.5, 0.6) is 5.75 Å². The first kappa shape index (κ1) is 26.5. The fourth-order valence-corrected chi connectivity index (χ4v) is 4.42. The maximum absolute atomic E-state index is 12.5. The van der Waals surface area contributed by atoms with E-state index in [1.54, 1.807) is 11.8 Å². The van der Waals surface area contributed by atoms with E-state index in [1.807, 2.05) is 33.0 Å². The van der Waals surface area contributed by atoms with Crippen LogP contribution in [0.15, 0.2) is 16.7 Å². The topological polar surface area (TPSA) is 115 Å². The highest BCUT2D eigenvalue weighted by Crippen LogP contribution is 2.31. The second kappa shape index (κ2) is 12.6. The van der Waals surface area contributed by atoms with Crippen molar-refractivity contribution in [3.05, 3.63) is 29.1 Å². The molecule has 2 aromatic heterocycles. The van der Waals surface area contributed by atoms with Crippen molar-refractivity contribution in [3.63, 3.8) is 0 Å². The number of nitrogens with zero attached hydrogens (tertiary/aromatic N) is 3. The Morgan fingerprint density at radius 3 is 2.31 bits per heavy atom. The third kappa shape index (κ3) is 7.19. The molecule has 0 aliphatic heterocycles. The number of aromatic nitrogens is 2. The van der Waals surface area contributed by atoms with Crippen LogP contribution < -0.4 is 4.74 Å². The molecule has 1 amide bonds. The van der Waals surface area contributed by atoms with Gasteiger partial charge in [0.1, 0.15) is 18.1 Å². The van der Waals surface area contributed by atoms with Crippen molar-refractivity contribution in [2.45, 2.75) is 97.3 Å². The second-order valence-corrected chi connectivity index (χ2v) is 9.23. The second-order valence-electron chi connectivity index (χ2n) is 9.23. The van der Waals surface area contributed by atoms with Crippen LogP contribution in [0.3, 0.4) is 0 Å². The molecule has 9 heteroatoms. The van der Waals surface area contributed by atoms with Gasteiger partial charge in [0.25, 0.3) is 0 Å². The van der Waals surface area contributed by atoms with Gasteiger partial charge in [0.15, 0.2) is 5.76 Å². The number of rotatable bonds is 7. The molecule has 35 heavy (non-hydrogen) atoms. The summed E-state index contributed by atoms with van der Waals surface area (Å²) < 4.78 is 17.2. The molecule has 2 aliphatic carbocycles. The van der Waals surface area contributed by atoms with Crippen molar-refractivity contribution >= 4 is 12.1 Å². The van der Waals surface area contributed by atoms with E-state index in [0.717, 1.165) is 42.7 Å². The van der Waals surface area contributed by atoms with Gasteiger partial charge in [0.05, 0.1) is 23.1 Å². The molecule has 2 fully saturated rings. The number of hydrogen-bond donors (Lipinski definition) is 1. The Kier molecular flexibility index (Phi) is 9.51. The molecular formula is C26H37N3O6. The molecule has 0 radical (unpaired) electrons. The van der Waals surface area contributed by atoms with E-state index < -0.39 is 5.97 Å². The van der Waals surface area contributed by atoms with Crippen LogP contribution in [-0.4, -0.2) is 51.4 Å². The average Bonchev–Trinajstić information content (AvgIpc) is 3.62. The Morgan fingerprint density at radius 2 is 1.71 bits per heavy atom. The predicted molar refractivity (Wildman–Crippen MR) is 130 cm³/mol. The lowest BCUT2D eigenvalue weighted by molar-refractivity contribution is -0.136. The molecule has 0 saturated heterocycles. The normalized spacial score (nSPS) is 16.0. The molecule has 9 nitrogen and oxygen atoms in total. The third-order valence-corrected chi connectivity index (χ3v) is 6.65. The summed E-state index contributed by atoms with van der Waals surface area (Å²) in [6.07, 6.45) is 9.29. The molecule has 0 spiro atoms. The summed E-state index contributed by atoms with van der Waals surface area (Å²) >= 11 is 0. The summed E-state index contributed by atoms with van der Waals surface area (Å²) in [6, 6.07) is 4.10. The predicted octanol–water partition coefficient (Wildman–Crippen LogP) is 5.67. The highest BCUT2D eigenvalue weighted by molar-refractivity contribution is 5.68. The number of pyridine rings is 1. The van der Waals surface area contributed by atoms with Crippen LogP contribution in [0.2, 0.25) is 0 Å². The highest BCUT2D eigenvalue weighted by Gasteiger charge is 2.26. The number of aryl methyl sites for hydroxylation is 2. The zero-order valence-corrected chi connectivity index (χ0v) is 21.2. The molecular weight excluding hydrogens is 450 g/mol. The van der Waals surface area contributed by atoms with Gasteiger partial charge in [-0.05, 0) is 64.5 Å². The van der Waals surface area contributed by atoms with E-state index in [9.17, 15) is 9.59 Å². The molecule has 2 saturated carbocycles. The van der Waals surface area contributed by atoms with Gasteiger partial charge in [-0.25, -0.2) is 9.78 Å². The Labute approximate surface area is 206 Å². The zero-order valence-electron chi connectivity index (χ0n) is 21.2. The number of ether oxygens (including phenoxy) is 2. The summed E-state index contributed by atoms with van der Waals surface area (Å²) in [7, 11) is 1.81. The van der Waals surface area contributed by atoms with Crippen molar-refractivity contribution in [1.29, 1.82) is 0 Å². The van der Waals surface area contributed by atoms with Crippen molar-refractivity contribution in [3.8, 4) is 17.2 Å². The molecule has 4 rings (SSSR count). The van der Waals surface area contributed by atoms with Crippen LogP contribution in [0, 0.1) is 13.8 Å². The largest absolute Gasteiger partial charge is 0.489 e. The fraction of sp³-hybridized carbons (Fsp3) is 0.615. The van der Waals surface area contributed by atoms with Crippen LogP contribution in [0.1, 0.15) is 81.7 Å². The number of carboxylic acids is 1. The number of amides is 1. The van der Waals surface area contributed by atoms with Crippen LogP contribution >= 0.6 is 0 Å². The lowest BCUT2D eigenvalue weighted by Crippen LogP contribution is -2.35. The Morgan fingerprint density at radius 1 is 1.09 bits per heavy atom. The van der Waals surface area contributed by atoms with Crippen molar-refractivity contribution in [2.75, 3.05) is 7.05 Å². The van der Waals surface area contributed by atoms with Crippen LogP contribution in [0.4, 0.5) is 4.79 Å². The van der Waals surface area contributed by atoms with E-state index in [0.29, 0.717) is 17.1 Å². The van der Waals surface area contributed by atoms with Crippen LogP contribution in [0.25, 0.3) is 11.5 Å². The number of aliphatic carboxylic acids is 1. The smallest absolute Gasteiger partial charge is 0.410 e. The minimum absolute atomic E-state index is 0.113. The maximum atomic E-state index is 12.5. The van der Waals surface area contributed by atoms with Gasteiger partial charge in [-0.3, -0.25) is 4.79 Å². The van der Waals surface area contributed by atoms with Gasteiger partial charge in [-0.2, -0.15) is 0 Å². The van der Waals surface area contributed by atoms with E-state index in [4.69, 9.17) is 19.1 Å². The van der Waals surface area contributed by atoms with E-state index in [2.05, 4.69) is 10.1 Å². The Hall–Kier alpha value is -3.10. The summed E-state index contributed by atoms with van der Waals surface area (Å²) in [5, 5.41) is 11.8. The maximum Gasteiger partial charge on any atom is 0.410 e. The molecule has 1 N–H and O–H groups in total. The van der Waals surface area contributed by atoms with Gasteiger partial charge in [-0.15, -0.1) is 0 Å². The van der Waals surface area contributed by atoms with Gasteiger partial charge in [0, 0.05) is 19.5 Å². The van der Waals surface area contributed by atoms with E-state index in [-0.39, 0.29) is 31.3 Å². The van der Waals surface area contributed by atoms with Gasteiger partial charge in [-0.1, -0.05) is 24.9 Å². The first-order valence-electron chi connectivity index (χ1n) is 12.5. The quantitative estimate of drug-likeness (QED) is 0.531. The van der Waals surface area contributed by atoms with E-state index >= 15 is 0 Å². The molecule has 0 aromatic carbocycles. The van der Waals surface area contributed by atoms with Gasteiger partial charge in [0.2, 0.25) is 0 Å². The van der Waals surface area contributed by atoms with Gasteiger partial charge >= 0.3 is 12.1 Å². The fourth-order valence-electron chi connectivity index (χ4n) is 4.42.